The van der Waals surface area contributed by atoms with Gasteiger partial charge in [-0.05, 0) is 57.1 Å². The Kier molecular flexibility index (Phi) is 7.04. The van der Waals surface area contributed by atoms with Gasteiger partial charge in [0.15, 0.2) is 0 Å². The van der Waals surface area contributed by atoms with Gasteiger partial charge in [0, 0.05) is 18.5 Å². The number of rotatable bonds is 6. The van der Waals surface area contributed by atoms with E-state index in [2.05, 4.69) is 39.0 Å². The molecular formula is C15H31NOS. The molecule has 5 unspecified atom stereocenters. The fourth-order valence-corrected chi connectivity index (χ4v) is 3.77. The number of thioether (sulfide) groups is 1. The molecule has 0 heterocycles. The molecule has 1 N–H and O–H groups in total. The molecule has 108 valence electrons. The van der Waals surface area contributed by atoms with Gasteiger partial charge in [0.1, 0.15) is 0 Å². The molecule has 0 aromatic rings. The fraction of sp³-hybridized carbons (Fsp3) is 1.00. The van der Waals surface area contributed by atoms with Crippen LogP contribution in [0, 0.1) is 17.8 Å². The minimum atomic E-state index is -0.0982. The lowest BCUT2D eigenvalue weighted by molar-refractivity contribution is -0.00325. The molecule has 0 amide bonds. The Balaban J connectivity index is 2.44. The van der Waals surface area contributed by atoms with Crippen molar-refractivity contribution in [3.8, 4) is 0 Å². The van der Waals surface area contributed by atoms with Crippen molar-refractivity contribution in [2.75, 3.05) is 25.6 Å². The summed E-state index contributed by atoms with van der Waals surface area (Å²) in [6.07, 6.45) is 5.57. The van der Waals surface area contributed by atoms with Crippen LogP contribution in [0.5, 0.6) is 0 Å². The van der Waals surface area contributed by atoms with Crippen LogP contribution in [0.15, 0.2) is 0 Å². The summed E-state index contributed by atoms with van der Waals surface area (Å²) in [5.74, 6) is 3.03. The van der Waals surface area contributed by atoms with Gasteiger partial charge >= 0.3 is 0 Å². The summed E-state index contributed by atoms with van der Waals surface area (Å²) in [6.45, 7) is 7.92. The molecule has 0 aromatic heterocycles. The van der Waals surface area contributed by atoms with E-state index < -0.39 is 0 Å². The molecule has 5 atom stereocenters. The molecule has 0 aliphatic heterocycles. The highest BCUT2D eigenvalue weighted by atomic mass is 32.2. The highest BCUT2D eigenvalue weighted by molar-refractivity contribution is 7.98. The second-order valence-electron chi connectivity index (χ2n) is 6.36. The first kappa shape index (κ1) is 16.3. The Morgan fingerprint density at radius 3 is 2.56 bits per heavy atom. The van der Waals surface area contributed by atoms with Gasteiger partial charge in [-0.25, -0.2) is 0 Å². The first-order valence-corrected chi connectivity index (χ1v) is 8.72. The van der Waals surface area contributed by atoms with Crippen LogP contribution in [-0.4, -0.2) is 47.8 Å². The Morgan fingerprint density at radius 1 is 1.33 bits per heavy atom. The highest BCUT2D eigenvalue weighted by Gasteiger charge is 2.33. The van der Waals surface area contributed by atoms with Crippen molar-refractivity contribution in [3.05, 3.63) is 0 Å². The smallest absolute Gasteiger partial charge is 0.0585 e. The van der Waals surface area contributed by atoms with Crippen molar-refractivity contribution in [1.82, 2.24) is 4.90 Å². The molecule has 3 heteroatoms. The van der Waals surface area contributed by atoms with E-state index in [0.717, 1.165) is 13.0 Å². The molecule has 1 aliphatic carbocycles. The van der Waals surface area contributed by atoms with Gasteiger partial charge in [-0.15, -0.1) is 0 Å². The third-order valence-electron chi connectivity index (χ3n) is 4.63. The van der Waals surface area contributed by atoms with E-state index in [1.54, 1.807) is 0 Å². The van der Waals surface area contributed by atoms with Gasteiger partial charge in [-0.2, -0.15) is 11.8 Å². The highest BCUT2D eigenvalue weighted by Crippen LogP contribution is 2.34. The van der Waals surface area contributed by atoms with Crippen LogP contribution in [-0.2, 0) is 0 Å². The predicted molar refractivity (Wildman–Crippen MR) is 82.1 cm³/mol. The summed E-state index contributed by atoms with van der Waals surface area (Å²) in [5.41, 5.74) is 0. The zero-order valence-corrected chi connectivity index (χ0v) is 13.5. The third kappa shape index (κ3) is 4.75. The van der Waals surface area contributed by atoms with Gasteiger partial charge in [0.2, 0.25) is 0 Å². The van der Waals surface area contributed by atoms with Crippen LogP contribution < -0.4 is 0 Å². The van der Waals surface area contributed by atoms with Crippen molar-refractivity contribution in [1.29, 1.82) is 0 Å². The maximum Gasteiger partial charge on any atom is 0.0585 e. The Bertz CT molecular complexity index is 225. The molecule has 0 aromatic carbocycles. The molecule has 2 nitrogen and oxygen atoms in total. The fourth-order valence-electron chi connectivity index (χ4n) is 3.19. The number of hydrogen-bond acceptors (Lipinski definition) is 3. The molecule has 0 radical (unpaired) electrons. The van der Waals surface area contributed by atoms with Gasteiger partial charge in [-0.3, -0.25) is 0 Å². The Hall–Kier alpha value is 0.270. The molecule has 1 saturated carbocycles. The van der Waals surface area contributed by atoms with E-state index in [1.165, 1.54) is 18.6 Å². The van der Waals surface area contributed by atoms with Crippen LogP contribution in [0.1, 0.15) is 40.0 Å². The quantitative estimate of drug-likeness (QED) is 0.804. The van der Waals surface area contributed by atoms with E-state index in [-0.39, 0.29) is 6.10 Å². The largest absolute Gasteiger partial charge is 0.393 e. The van der Waals surface area contributed by atoms with Crippen molar-refractivity contribution < 1.29 is 5.11 Å². The molecule has 0 bridgehead atoms. The molecule has 18 heavy (non-hydrogen) atoms. The summed E-state index contributed by atoms with van der Waals surface area (Å²) in [5, 5.41) is 10.3. The average molecular weight is 273 g/mol. The molecule has 0 spiro atoms. The van der Waals surface area contributed by atoms with Crippen molar-refractivity contribution in [3.63, 3.8) is 0 Å². The molecule has 1 rings (SSSR count). The summed E-state index contributed by atoms with van der Waals surface area (Å²) in [4.78, 5) is 2.44. The number of aliphatic hydroxyl groups excluding tert-OH is 1. The summed E-state index contributed by atoms with van der Waals surface area (Å²) in [7, 11) is 2.21. The van der Waals surface area contributed by atoms with Gasteiger partial charge in [0.05, 0.1) is 6.10 Å². The zero-order chi connectivity index (χ0) is 13.7. The van der Waals surface area contributed by atoms with Gasteiger partial charge < -0.3 is 10.0 Å². The number of nitrogens with zero attached hydrogens (tertiary/aromatic N) is 1. The van der Waals surface area contributed by atoms with Crippen LogP contribution in [0.25, 0.3) is 0 Å². The molecule has 1 aliphatic rings. The lowest BCUT2D eigenvalue weighted by atomic mass is 9.73. The minimum Gasteiger partial charge on any atom is -0.393 e. The van der Waals surface area contributed by atoms with Crippen molar-refractivity contribution in [2.24, 2.45) is 17.8 Å². The predicted octanol–water partition coefficient (Wildman–Crippen LogP) is 3.10. The lowest BCUT2D eigenvalue weighted by Crippen LogP contribution is -2.44. The average Bonchev–Trinajstić information content (AvgIpc) is 2.30. The SMILES string of the molecule is CSCCC(C)N(C)CC1C(C)CC(C)CC1O. The molecule has 0 saturated heterocycles. The number of aliphatic hydroxyl groups is 1. The monoisotopic (exact) mass is 273 g/mol. The Labute approximate surface area is 118 Å². The first-order valence-electron chi connectivity index (χ1n) is 7.32. The Morgan fingerprint density at radius 2 is 2.00 bits per heavy atom. The van der Waals surface area contributed by atoms with Gasteiger partial charge in [-0.1, -0.05) is 13.8 Å². The first-order chi connectivity index (χ1) is 8.45. The molecule has 1 fully saturated rings. The maximum absolute atomic E-state index is 10.3. The second-order valence-corrected chi connectivity index (χ2v) is 7.34. The maximum atomic E-state index is 10.3. The number of hydrogen-bond donors (Lipinski definition) is 1. The van der Waals surface area contributed by atoms with Crippen molar-refractivity contribution >= 4 is 11.8 Å². The standard InChI is InChI=1S/C15H31NOS/c1-11-8-12(2)14(15(17)9-11)10-16(4)13(3)6-7-18-5/h11-15,17H,6-10H2,1-5H3. The lowest BCUT2D eigenvalue weighted by Gasteiger charge is -2.40. The summed E-state index contributed by atoms with van der Waals surface area (Å²) in [6, 6.07) is 0.621. The normalized spacial score (nSPS) is 34.8. The van der Waals surface area contributed by atoms with Gasteiger partial charge in [0.25, 0.3) is 0 Å². The van der Waals surface area contributed by atoms with Crippen LogP contribution >= 0.6 is 11.8 Å². The van der Waals surface area contributed by atoms with Crippen LogP contribution in [0.4, 0.5) is 0 Å². The second kappa shape index (κ2) is 7.76. The van der Waals surface area contributed by atoms with Crippen LogP contribution in [0.2, 0.25) is 0 Å². The topological polar surface area (TPSA) is 23.5 Å². The van der Waals surface area contributed by atoms with Crippen LogP contribution in [0.3, 0.4) is 0 Å². The summed E-state index contributed by atoms with van der Waals surface area (Å²) < 4.78 is 0. The van der Waals surface area contributed by atoms with E-state index in [4.69, 9.17) is 0 Å². The van der Waals surface area contributed by atoms with E-state index in [9.17, 15) is 5.11 Å². The van der Waals surface area contributed by atoms with E-state index >= 15 is 0 Å². The minimum absolute atomic E-state index is 0.0982. The zero-order valence-electron chi connectivity index (χ0n) is 12.7. The van der Waals surface area contributed by atoms with E-state index in [1.807, 2.05) is 11.8 Å². The van der Waals surface area contributed by atoms with Crippen molar-refractivity contribution in [2.45, 2.75) is 52.2 Å². The summed E-state index contributed by atoms with van der Waals surface area (Å²) >= 11 is 1.92. The van der Waals surface area contributed by atoms with E-state index in [0.29, 0.717) is 23.8 Å². The molecular weight excluding hydrogens is 242 g/mol. The third-order valence-corrected chi connectivity index (χ3v) is 5.28.